The van der Waals surface area contributed by atoms with E-state index in [1.807, 2.05) is 24.3 Å². The Hall–Kier alpha value is -3.81. The van der Waals surface area contributed by atoms with Gasteiger partial charge in [-0.15, -0.1) is 0 Å². The second-order valence-corrected chi connectivity index (χ2v) is 8.43. The second kappa shape index (κ2) is 11.1. The van der Waals surface area contributed by atoms with E-state index in [1.165, 1.54) is 7.11 Å². The van der Waals surface area contributed by atoms with E-state index in [-0.39, 0.29) is 5.91 Å². The maximum Gasteiger partial charge on any atom is 0.338 e. The zero-order valence-corrected chi connectivity index (χ0v) is 20.2. The van der Waals surface area contributed by atoms with Gasteiger partial charge in [0.2, 0.25) is 0 Å². The molecule has 9 heteroatoms. The number of nitrogens with zero attached hydrogens (tertiary/aromatic N) is 2. The smallest absolute Gasteiger partial charge is 0.338 e. The van der Waals surface area contributed by atoms with Crippen LogP contribution in [-0.2, 0) is 17.9 Å². The van der Waals surface area contributed by atoms with Gasteiger partial charge in [-0.2, -0.15) is 5.10 Å². The lowest BCUT2D eigenvalue weighted by molar-refractivity contribution is 0.0599. The first-order valence-electron chi connectivity index (χ1n) is 10.6. The number of hydrogen-bond acceptors (Lipinski definition) is 5. The minimum Gasteiger partial charge on any atom is -0.487 e. The van der Waals surface area contributed by atoms with Gasteiger partial charge in [-0.05, 0) is 47.5 Å². The van der Waals surface area contributed by atoms with Crippen LogP contribution < -0.4 is 10.1 Å². The van der Waals surface area contributed by atoms with Crippen LogP contribution in [0.25, 0.3) is 0 Å². The van der Waals surface area contributed by atoms with Crippen molar-refractivity contribution in [1.82, 2.24) is 9.78 Å². The summed E-state index contributed by atoms with van der Waals surface area (Å²) in [7, 11) is 1.34. The van der Waals surface area contributed by atoms with Gasteiger partial charge in [0.05, 0.1) is 36.1 Å². The molecule has 1 heterocycles. The van der Waals surface area contributed by atoms with Crippen molar-refractivity contribution in [2.45, 2.75) is 13.2 Å². The number of carbonyl (C=O) groups excluding carboxylic acids is 2. The summed E-state index contributed by atoms with van der Waals surface area (Å²) >= 11 is 12.0. The fourth-order valence-corrected chi connectivity index (χ4v) is 3.83. The molecule has 4 aromatic rings. The number of aromatic nitrogens is 2. The minimum absolute atomic E-state index is 0.271. The fourth-order valence-electron chi connectivity index (χ4n) is 3.37. The first-order chi connectivity index (χ1) is 16.9. The van der Waals surface area contributed by atoms with E-state index in [0.717, 1.165) is 11.1 Å². The average Bonchev–Trinajstić information content (AvgIpc) is 3.30. The highest BCUT2D eigenvalue weighted by atomic mass is 35.5. The highest BCUT2D eigenvalue weighted by Crippen LogP contribution is 2.28. The van der Waals surface area contributed by atoms with E-state index < -0.39 is 5.97 Å². The van der Waals surface area contributed by atoms with Crippen LogP contribution in [0.2, 0.25) is 10.0 Å². The number of benzene rings is 3. The molecule has 0 fully saturated rings. The number of esters is 1. The van der Waals surface area contributed by atoms with E-state index in [4.69, 9.17) is 32.7 Å². The lowest BCUT2D eigenvalue weighted by Crippen LogP contribution is -2.12. The fraction of sp³-hybridized carbons (Fsp3) is 0.115. The highest BCUT2D eigenvalue weighted by molar-refractivity contribution is 6.35. The molecule has 3 aromatic carbocycles. The Morgan fingerprint density at radius 1 is 1.03 bits per heavy atom. The number of halogens is 2. The standard InChI is InChI=1S/C26H21Cl2N3O4/c1-34-26(33)22-5-3-2-4-19(22)14-31-15-21(13-29-31)30-25(32)18-8-6-17(7-9-18)16-35-24-11-10-20(27)12-23(24)28/h2-13,15H,14,16H2,1H3,(H,30,32). The van der Waals surface area contributed by atoms with Crippen LogP contribution in [0.4, 0.5) is 5.69 Å². The maximum atomic E-state index is 12.7. The molecule has 7 nitrogen and oxygen atoms in total. The van der Waals surface area contributed by atoms with Crippen molar-refractivity contribution in [3.05, 3.63) is 111 Å². The molecule has 0 radical (unpaired) electrons. The lowest BCUT2D eigenvalue weighted by Gasteiger charge is -2.09. The third-order valence-electron chi connectivity index (χ3n) is 5.15. The molecule has 0 spiro atoms. The van der Waals surface area contributed by atoms with Gasteiger partial charge in [-0.3, -0.25) is 9.48 Å². The Morgan fingerprint density at radius 2 is 1.80 bits per heavy atom. The van der Waals surface area contributed by atoms with Crippen molar-refractivity contribution >= 4 is 40.8 Å². The quantitative estimate of drug-likeness (QED) is 0.301. The molecule has 0 aliphatic rings. The SMILES string of the molecule is COC(=O)c1ccccc1Cn1cc(NC(=O)c2ccc(COc3ccc(Cl)cc3Cl)cc2)cn1. The molecule has 178 valence electrons. The number of hydrogen-bond donors (Lipinski definition) is 1. The monoisotopic (exact) mass is 509 g/mol. The van der Waals surface area contributed by atoms with Crippen molar-refractivity contribution in [2.24, 2.45) is 0 Å². The third kappa shape index (κ3) is 6.20. The van der Waals surface area contributed by atoms with Crippen molar-refractivity contribution < 1.29 is 19.1 Å². The zero-order valence-electron chi connectivity index (χ0n) is 18.7. The van der Waals surface area contributed by atoms with Crippen LogP contribution in [0.1, 0.15) is 31.8 Å². The van der Waals surface area contributed by atoms with E-state index in [2.05, 4.69) is 10.4 Å². The second-order valence-electron chi connectivity index (χ2n) is 7.59. The van der Waals surface area contributed by atoms with Gasteiger partial charge in [-0.25, -0.2) is 4.79 Å². The number of anilines is 1. The van der Waals surface area contributed by atoms with Gasteiger partial charge in [0.1, 0.15) is 12.4 Å². The lowest BCUT2D eigenvalue weighted by atomic mass is 10.1. The number of amides is 1. The Balaban J connectivity index is 1.35. The maximum absolute atomic E-state index is 12.7. The average molecular weight is 510 g/mol. The van der Waals surface area contributed by atoms with Crippen LogP contribution in [-0.4, -0.2) is 28.8 Å². The predicted molar refractivity (Wildman–Crippen MR) is 134 cm³/mol. The van der Waals surface area contributed by atoms with Crippen LogP contribution in [0.5, 0.6) is 5.75 Å². The molecular weight excluding hydrogens is 489 g/mol. The van der Waals surface area contributed by atoms with Crippen molar-refractivity contribution in [2.75, 3.05) is 12.4 Å². The predicted octanol–water partition coefficient (Wildman–Crippen LogP) is 5.86. The summed E-state index contributed by atoms with van der Waals surface area (Å²) in [6.07, 6.45) is 3.25. The molecule has 1 N–H and O–H groups in total. The van der Waals surface area contributed by atoms with Gasteiger partial charge in [0, 0.05) is 16.8 Å². The summed E-state index contributed by atoms with van der Waals surface area (Å²) in [4.78, 5) is 24.6. The van der Waals surface area contributed by atoms with Crippen LogP contribution in [0.3, 0.4) is 0 Å². The molecule has 4 rings (SSSR count). The van der Waals surface area contributed by atoms with Gasteiger partial charge >= 0.3 is 5.97 Å². The summed E-state index contributed by atoms with van der Waals surface area (Å²) in [5, 5.41) is 8.08. The zero-order chi connectivity index (χ0) is 24.8. The summed E-state index contributed by atoms with van der Waals surface area (Å²) in [6.45, 7) is 0.649. The molecule has 1 amide bonds. The van der Waals surface area contributed by atoms with Gasteiger partial charge < -0.3 is 14.8 Å². The summed E-state index contributed by atoms with van der Waals surface area (Å²) < 4.78 is 12.2. The Bertz CT molecular complexity index is 1350. The molecule has 1 aromatic heterocycles. The van der Waals surface area contributed by atoms with Gasteiger partial charge in [0.25, 0.3) is 5.91 Å². The number of ether oxygens (including phenoxy) is 2. The van der Waals surface area contributed by atoms with E-state index >= 15 is 0 Å². The molecule has 0 saturated carbocycles. The van der Waals surface area contributed by atoms with E-state index in [9.17, 15) is 9.59 Å². The Morgan fingerprint density at radius 3 is 2.54 bits per heavy atom. The third-order valence-corrected chi connectivity index (χ3v) is 5.68. The van der Waals surface area contributed by atoms with Crippen LogP contribution in [0.15, 0.2) is 79.1 Å². The largest absolute Gasteiger partial charge is 0.487 e. The highest BCUT2D eigenvalue weighted by Gasteiger charge is 2.13. The molecule has 0 aliphatic carbocycles. The Labute approximate surface area is 212 Å². The van der Waals surface area contributed by atoms with Crippen molar-refractivity contribution in [1.29, 1.82) is 0 Å². The summed E-state index contributed by atoms with van der Waals surface area (Å²) in [5.74, 6) is -0.150. The number of nitrogens with one attached hydrogen (secondary N) is 1. The van der Waals surface area contributed by atoms with E-state index in [0.29, 0.717) is 45.8 Å². The normalized spacial score (nSPS) is 10.6. The van der Waals surface area contributed by atoms with Gasteiger partial charge in [-0.1, -0.05) is 53.5 Å². The molecule has 0 saturated heterocycles. The molecule has 0 unspecified atom stereocenters. The number of carbonyl (C=O) groups is 2. The molecular formula is C26H21Cl2N3O4. The van der Waals surface area contributed by atoms with Crippen LogP contribution >= 0.6 is 23.2 Å². The van der Waals surface area contributed by atoms with Crippen molar-refractivity contribution in [3.63, 3.8) is 0 Å². The topological polar surface area (TPSA) is 82.5 Å². The summed E-state index contributed by atoms with van der Waals surface area (Å²) in [5.41, 5.74) is 3.14. The number of methoxy groups -OCH3 is 1. The van der Waals surface area contributed by atoms with E-state index in [1.54, 1.807) is 59.5 Å². The summed E-state index contributed by atoms with van der Waals surface area (Å²) in [6, 6.07) is 19.2. The molecule has 0 atom stereocenters. The van der Waals surface area contributed by atoms with Gasteiger partial charge in [0.15, 0.2) is 0 Å². The first kappa shape index (κ1) is 24.3. The molecule has 0 aliphatic heterocycles. The van der Waals surface area contributed by atoms with Crippen LogP contribution in [0, 0.1) is 0 Å². The minimum atomic E-state index is -0.411. The first-order valence-corrected chi connectivity index (χ1v) is 11.4. The number of rotatable bonds is 8. The molecule has 0 bridgehead atoms. The van der Waals surface area contributed by atoms with Crippen molar-refractivity contribution in [3.8, 4) is 5.75 Å². The molecule has 35 heavy (non-hydrogen) atoms. The Kier molecular flexibility index (Phi) is 7.70.